The maximum Gasteiger partial charge on any atom is 0.0576 e. The minimum absolute atomic E-state index is 0.554. The van der Waals surface area contributed by atoms with Gasteiger partial charge in [-0.1, -0.05) is 12.8 Å². The average molecular weight is 240 g/mol. The van der Waals surface area contributed by atoms with E-state index < -0.39 is 0 Å². The number of nitrogens with two attached hydrogens (primary N) is 1. The first kappa shape index (κ1) is 13.3. The van der Waals surface area contributed by atoms with Crippen molar-refractivity contribution < 1.29 is 4.74 Å². The molecular formula is C14H28N2O. The van der Waals surface area contributed by atoms with Crippen molar-refractivity contribution in [2.24, 2.45) is 5.73 Å². The van der Waals surface area contributed by atoms with Crippen LogP contribution in [-0.2, 0) is 4.74 Å². The predicted octanol–water partition coefficient (Wildman–Crippen LogP) is 2.15. The van der Waals surface area contributed by atoms with E-state index >= 15 is 0 Å². The van der Waals surface area contributed by atoms with E-state index in [2.05, 4.69) is 4.90 Å². The number of nitrogens with zero attached hydrogens (tertiary/aromatic N) is 1. The van der Waals surface area contributed by atoms with E-state index in [9.17, 15) is 0 Å². The van der Waals surface area contributed by atoms with E-state index in [1.165, 1.54) is 57.9 Å². The first-order valence-corrected chi connectivity index (χ1v) is 7.46. The molecule has 1 saturated heterocycles. The lowest BCUT2D eigenvalue weighted by Crippen LogP contribution is -2.38. The molecule has 1 heterocycles. The molecule has 1 saturated carbocycles. The topological polar surface area (TPSA) is 38.5 Å². The Morgan fingerprint density at radius 1 is 1.06 bits per heavy atom. The second-order valence-electron chi connectivity index (χ2n) is 5.54. The van der Waals surface area contributed by atoms with Crippen LogP contribution in [0.2, 0.25) is 0 Å². The second kappa shape index (κ2) is 7.34. The van der Waals surface area contributed by atoms with E-state index in [-0.39, 0.29) is 0 Å². The van der Waals surface area contributed by atoms with Crippen LogP contribution in [-0.4, -0.2) is 43.3 Å². The third-order valence-corrected chi connectivity index (χ3v) is 4.25. The lowest BCUT2D eigenvalue weighted by atomic mass is 10.1. The van der Waals surface area contributed by atoms with Crippen molar-refractivity contribution >= 4 is 0 Å². The number of rotatable bonds is 7. The predicted molar refractivity (Wildman–Crippen MR) is 71.1 cm³/mol. The Hall–Kier alpha value is -0.120. The molecule has 0 aromatic carbocycles. The number of ether oxygens (including phenoxy) is 1. The highest BCUT2D eigenvalue weighted by atomic mass is 16.5. The Bertz CT molecular complexity index is 198. The molecule has 1 aliphatic carbocycles. The van der Waals surface area contributed by atoms with Gasteiger partial charge in [0, 0.05) is 25.7 Å². The Morgan fingerprint density at radius 3 is 2.53 bits per heavy atom. The van der Waals surface area contributed by atoms with Crippen LogP contribution in [0.15, 0.2) is 0 Å². The summed E-state index contributed by atoms with van der Waals surface area (Å²) in [6.45, 7) is 4.09. The van der Waals surface area contributed by atoms with Gasteiger partial charge in [-0.05, 0) is 45.1 Å². The lowest BCUT2D eigenvalue weighted by molar-refractivity contribution is 0.0961. The Labute approximate surface area is 106 Å². The molecule has 2 N–H and O–H groups in total. The normalized spacial score (nSPS) is 26.1. The molecule has 1 unspecified atom stereocenters. The molecule has 0 bridgehead atoms. The van der Waals surface area contributed by atoms with Gasteiger partial charge in [0.15, 0.2) is 0 Å². The van der Waals surface area contributed by atoms with Gasteiger partial charge in [0.1, 0.15) is 0 Å². The van der Waals surface area contributed by atoms with E-state index in [0.29, 0.717) is 6.10 Å². The first-order valence-electron chi connectivity index (χ1n) is 7.46. The highest BCUT2D eigenvalue weighted by Gasteiger charge is 2.22. The third kappa shape index (κ3) is 4.23. The van der Waals surface area contributed by atoms with Crippen LogP contribution in [0, 0.1) is 0 Å². The fourth-order valence-corrected chi connectivity index (χ4v) is 3.31. The van der Waals surface area contributed by atoms with Gasteiger partial charge in [0.2, 0.25) is 0 Å². The third-order valence-electron chi connectivity index (χ3n) is 4.25. The van der Waals surface area contributed by atoms with Crippen molar-refractivity contribution in [2.75, 3.05) is 26.2 Å². The quantitative estimate of drug-likeness (QED) is 0.741. The van der Waals surface area contributed by atoms with Crippen molar-refractivity contribution in [1.82, 2.24) is 4.90 Å². The maximum atomic E-state index is 5.72. The summed E-state index contributed by atoms with van der Waals surface area (Å²) < 4.78 is 5.68. The van der Waals surface area contributed by atoms with E-state index in [4.69, 9.17) is 10.5 Å². The molecule has 2 rings (SSSR count). The molecule has 0 aromatic heterocycles. The molecule has 2 fully saturated rings. The van der Waals surface area contributed by atoms with Crippen molar-refractivity contribution in [1.29, 1.82) is 0 Å². The van der Waals surface area contributed by atoms with E-state index in [1.54, 1.807) is 0 Å². The van der Waals surface area contributed by atoms with Gasteiger partial charge in [-0.25, -0.2) is 0 Å². The van der Waals surface area contributed by atoms with Crippen molar-refractivity contribution in [3.05, 3.63) is 0 Å². The molecule has 0 aromatic rings. The molecule has 0 radical (unpaired) electrons. The van der Waals surface area contributed by atoms with Crippen molar-refractivity contribution in [3.63, 3.8) is 0 Å². The van der Waals surface area contributed by atoms with Crippen LogP contribution in [0.1, 0.15) is 51.4 Å². The number of hydrogen-bond donors (Lipinski definition) is 1. The first-order chi connectivity index (χ1) is 8.40. The zero-order valence-corrected chi connectivity index (χ0v) is 11.1. The van der Waals surface area contributed by atoms with Gasteiger partial charge < -0.3 is 10.5 Å². The van der Waals surface area contributed by atoms with Gasteiger partial charge in [0.05, 0.1) is 6.10 Å². The van der Waals surface area contributed by atoms with Gasteiger partial charge in [0.25, 0.3) is 0 Å². The van der Waals surface area contributed by atoms with Crippen LogP contribution < -0.4 is 5.73 Å². The minimum atomic E-state index is 0.554. The summed E-state index contributed by atoms with van der Waals surface area (Å²) in [5, 5.41) is 0. The lowest BCUT2D eigenvalue weighted by Gasteiger charge is -2.28. The minimum Gasteiger partial charge on any atom is -0.378 e. The largest absolute Gasteiger partial charge is 0.378 e. The van der Waals surface area contributed by atoms with Crippen LogP contribution in [0.5, 0.6) is 0 Å². The molecule has 0 amide bonds. The molecule has 1 atom stereocenters. The Morgan fingerprint density at radius 2 is 1.88 bits per heavy atom. The zero-order valence-electron chi connectivity index (χ0n) is 11.1. The van der Waals surface area contributed by atoms with Crippen LogP contribution in [0.4, 0.5) is 0 Å². The van der Waals surface area contributed by atoms with Gasteiger partial charge in [-0.3, -0.25) is 4.90 Å². The molecule has 1 aliphatic heterocycles. The maximum absolute atomic E-state index is 5.72. The number of hydrogen-bond acceptors (Lipinski definition) is 3. The molecule has 0 spiro atoms. The van der Waals surface area contributed by atoms with E-state index in [0.717, 1.165) is 25.7 Å². The summed E-state index contributed by atoms with van der Waals surface area (Å²) in [6.07, 6.45) is 11.2. The van der Waals surface area contributed by atoms with Gasteiger partial charge in [-0.15, -0.1) is 0 Å². The summed E-state index contributed by atoms with van der Waals surface area (Å²) in [5.74, 6) is 0. The molecule has 3 nitrogen and oxygen atoms in total. The van der Waals surface area contributed by atoms with Crippen LogP contribution in [0.3, 0.4) is 0 Å². The molecule has 17 heavy (non-hydrogen) atoms. The second-order valence-corrected chi connectivity index (χ2v) is 5.54. The fraction of sp³-hybridized carbons (Fsp3) is 1.00. The van der Waals surface area contributed by atoms with E-state index in [1.807, 2.05) is 0 Å². The molecular weight excluding hydrogens is 212 g/mol. The van der Waals surface area contributed by atoms with Gasteiger partial charge >= 0.3 is 0 Å². The average Bonchev–Trinajstić information content (AvgIpc) is 3.01. The Balaban J connectivity index is 1.65. The van der Waals surface area contributed by atoms with Crippen molar-refractivity contribution in [3.8, 4) is 0 Å². The summed E-state index contributed by atoms with van der Waals surface area (Å²) in [4.78, 5) is 2.63. The highest BCUT2D eigenvalue weighted by Crippen LogP contribution is 2.24. The smallest absolute Gasteiger partial charge is 0.0576 e. The van der Waals surface area contributed by atoms with Crippen molar-refractivity contribution in [2.45, 2.75) is 63.5 Å². The molecule has 100 valence electrons. The summed E-state index contributed by atoms with van der Waals surface area (Å²) in [7, 11) is 0. The summed E-state index contributed by atoms with van der Waals surface area (Å²) in [6, 6.07) is 0.822. The molecule has 3 heteroatoms. The summed E-state index contributed by atoms with van der Waals surface area (Å²) in [5.41, 5.74) is 5.72. The standard InChI is InChI=1S/C14H28N2O/c15-9-11-16(13-5-1-2-6-13)10-3-7-14-8-4-12-17-14/h13-14H,1-12,15H2. The molecule has 2 aliphatic rings. The summed E-state index contributed by atoms with van der Waals surface area (Å²) >= 11 is 0. The Kier molecular flexibility index (Phi) is 5.75. The zero-order chi connectivity index (χ0) is 11.9. The highest BCUT2D eigenvalue weighted by molar-refractivity contribution is 4.78. The van der Waals surface area contributed by atoms with Gasteiger partial charge in [-0.2, -0.15) is 0 Å². The monoisotopic (exact) mass is 240 g/mol. The fourth-order valence-electron chi connectivity index (χ4n) is 3.31. The van der Waals surface area contributed by atoms with Crippen LogP contribution in [0.25, 0.3) is 0 Å². The SMILES string of the molecule is NCCN(CCCC1CCCO1)C1CCCC1. The van der Waals surface area contributed by atoms with Crippen LogP contribution >= 0.6 is 0 Å².